The molecule has 0 saturated heterocycles. The van der Waals surface area contributed by atoms with Crippen molar-refractivity contribution >= 4 is 21.8 Å². The fourth-order valence-corrected chi connectivity index (χ4v) is 2.21. The molecule has 3 nitrogen and oxygen atoms in total. The van der Waals surface area contributed by atoms with Gasteiger partial charge >= 0.3 is 0 Å². The van der Waals surface area contributed by atoms with Crippen LogP contribution in [0.2, 0.25) is 0 Å². The maximum Gasteiger partial charge on any atom is 0.219 e. The lowest BCUT2D eigenvalue weighted by molar-refractivity contribution is -0.121. The molecular weight excluding hydrogens is 294 g/mol. The second kappa shape index (κ2) is 15.0. The largest absolute Gasteiger partial charge is 0.396 e. The molecule has 0 aromatic carbocycles. The zero-order valence-electron chi connectivity index (χ0n) is 11.4. The first-order valence-corrected chi connectivity index (χ1v) is 8.37. The van der Waals surface area contributed by atoms with Crippen molar-refractivity contribution in [3.05, 3.63) is 0 Å². The molecule has 0 aromatic heterocycles. The minimum Gasteiger partial charge on any atom is -0.396 e. The van der Waals surface area contributed by atoms with Crippen LogP contribution in [0.4, 0.5) is 0 Å². The van der Waals surface area contributed by atoms with E-state index in [0.29, 0.717) is 13.0 Å². The van der Waals surface area contributed by atoms with Crippen molar-refractivity contribution in [1.29, 1.82) is 0 Å². The van der Waals surface area contributed by atoms with Crippen LogP contribution in [0.5, 0.6) is 0 Å². The standard InChI is InChI=1S/C14H28BrNO2/c15-11-7-5-6-10-14(18)16-12-8-3-1-2-4-9-13-17/h17H,1-13H2,(H,16,18). The number of hydrogen-bond acceptors (Lipinski definition) is 2. The molecule has 4 heteroatoms. The highest BCUT2D eigenvalue weighted by Gasteiger charge is 1.99. The number of carbonyl (C=O) groups is 1. The number of halogens is 1. The molecule has 1 amide bonds. The number of nitrogens with one attached hydrogen (secondary N) is 1. The predicted molar refractivity (Wildman–Crippen MR) is 80.1 cm³/mol. The number of amides is 1. The van der Waals surface area contributed by atoms with Crippen LogP contribution in [-0.4, -0.2) is 29.5 Å². The van der Waals surface area contributed by atoms with Crippen LogP contribution in [0.25, 0.3) is 0 Å². The molecule has 0 atom stereocenters. The summed E-state index contributed by atoms with van der Waals surface area (Å²) in [4.78, 5) is 11.4. The maximum atomic E-state index is 11.4. The lowest BCUT2D eigenvalue weighted by atomic mass is 10.1. The van der Waals surface area contributed by atoms with Crippen LogP contribution >= 0.6 is 15.9 Å². The number of rotatable bonds is 13. The smallest absolute Gasteiger partial charge is 0.219 e. The van der Waals surface area contributed by atoms with Crippen molar-refractivity contribution in [1.82, 2.24) is 5.32 Å². The van der Waals surface area contributed by atoms with Gasteiger partial charge in [-0.2, -0.15) is 0 Å². The topological polar surface area (TPSA) is 49.3 Å². The van der Waals surface area contributed by atoms with Crippen LogP contribution in [-0.2, 0) is 4.79 Å². The van der Waals surface area contributed by atoms with Gasteiger partial charge in [0.2, 0.25) is 5.91 Å². The van der Waals surface area contributed by atoms with Gasteiger partial charge in [-0.1, -0.05) is 48.0 Å². The molecule has 0 unspecified atom stereocenters. The molecule has 108 valence electrons. The zero-order valence-corrected chi connectivity index (χ0v) is 13.0. The van der Waals surface area contributed by atoms with Gasteiger partial charge in [-0.3, -0.25) is 4.79 Å². The van der Waals surface area contributed by atoms with Crippen molar-refractivity contribution in [3.8, 4) is 0 Å². The second-order valence-corrected chi connectivity index (χ2v) is 5.49. The Kier molecular flexibility index (Phi) is 14.9. The molecule has 2 N–H and O–H groups in total. The van der Waals surface area contributed by atoms with E-state index in [2.05, 4.69) is 21.2 Å². The lowest BCUT2D eigenvalue weighted by Gasteiger charge is -2.05. The molecular formula is C14H28BrNO2. The van der Waals surface area contributed by atoms with Gasteiger partial charge in [0.15, 0.2) is 0 Å². The Labute approximate surface area is 120 Å². The summed E-state index contributed by atoms with van der Waals surface area (Å²) in [6.45, 7) is 1.13. The van der Waals surface area contributed by atoms with E-state index in [9.17, 15) is 4.79 Å². The Balaban J connectivity index is 3.10. The molecule has 0 aliphatic heterocycles. The summed E-state index contributed by atoms with van der Waals surface area (Å²) in [7, 11) is 0. The average Bonchev–Trinajstić information content (AvgIpc) is 2.38. The van der Waals surface area contributed by atoms with Crippen LogP contribution in [0.3, 0.4) is 0 Å². The maximum absolute atomic E-state index is 11.4. The van der Waals surface area contributed by atoms with Gasteiger partial charge in [-0.05, 0) is 25.7 Å². The molecule has 0 fully saturated rings. The first-order valence-electron chi connectivity index (χ1n) is 7.24. The third-order valence-corrected chi connectivity index (χ3v) is 3.51. The Morgan fingerprint density at radius 1 is 0.889 bits per heavy atom. The fourth-order valence-electron chi connectivity index (χ4n) is 1.82. The van der Waals surface area contributed by atoms with E-state index in [1.54, 1.807) is 0 Å². The van der Waals surface area contributed by atoms with E-state index in [4.69, 9.17) is 5.11 Å². The molecule has 0 aromatic rings. The first-order chi connectivity index (χ1) is 8.81. The van der Waals surface area contributed by atoms with E-state index in [-0.39, 0.29) is 5.91 Å². The Hall–Kier alpha value is -0.0900. The molecule has 0 radical (unpaired) electrons. The number of aliphatic hydroxyl groups is 1. The highest BCUT2D eigenvalue weighted by atomic mass is 79.9. The van der Waals surface area contributed by atoms with Gasteiger partial charge < -0.3 is 10.4 Å². The summed E-state index contributed by atoms with van der Waals surface area (Å²) in [5, 5.41) is 12.6. The van der Waals surface area contributed by atoms with Crippen molar-refractivity contribution in [2.24, 2.45) is 0 Å². The van der Waals surface area contributed by atoms with Gasteiger partial charge in [-0.15, -0.1) is 0 Å². The number of unbranched alkanes of at least 4 members (excludes halogenated alkanes) is 7. The molecule has 0 aliphatic carbocycles. The molecule has 0 aliphatic rings. The SMILES string of the molecule is O=C(CCCCCBr)NCCCCCCCCO. The van der Waals surface area contributed by atoms with Crippen molar-refractivity contribution < 1.29 is 9.90 Å². The van der Waals surface area contributed by atoms with E-state index in [1.807, 2.05) is 0 Å². The molecule has 0 saturated carbocycles. The predicted octanol–water partition coefficient (Wildman–Crippen LogP) is 3.39. The third-order valence-electron chi connectivity index (χ3n) is 2.94. The van der Waals surface area contributed by atoms with Crippen molar-refractivity contribution in [3.63, 3.8) is 0 Å². The van der Waals surface area contributed by atoms with Crippen LogP contribution in [0.15, 0.2) is 0 Å². The molecule has 18 heavy (non-hydrogen) atoms. The van der Waals surface area contributed by atoms with Gasteiger partial charge in [0, 0.05) is 24.9 Å². The Morgan fingerprint density at radius 2 is 1.50 bits per heavy atom. The summed E-state index contributed by atoms with van der Waals surface area (Å²) in [5.41, 5.74) is 0. The van der Waals surface area contributed by atoms with Gasteiger partial charge in [0.1, 0.15) is 0 Å². The van der Waals surface area contributed by atoms with E-state index < -0.39 is 0 Å². The van der Waals surface area contributed by atoms with Gasteiger partial charge in [-0.25, -0.2) is 0 Å². The lowest BCUT2D eigenvalue weighted by Crippen LogP contribution is -2.23. The highest BCUT2D eigenvalue weighted by Crippen LogP contribution is 2.05. The fraction of sp³-hybridized carbons (Fsp3) is 0.929. The number of carbonyl (C=O) groups excluding carboxylic acids is 1. The number of alkyl halides is 1. The van der Waals surface area contributed by atoms with Crippen molar-refractivity contribution in [2.75, 3.05) is 18.5 Å². The molecule has 0 rings (SSSR count). The number of hydrogen-bond donors (Lipinski definition) is 2. The zero-order chi connectivity index (χ0) is 13.5. The van der Waals surface area contributed by atoms with E-state index >= 15 is 0 Å². The molecule has 0 heterocycles. The third kappa shape index (κ3) is 14.0. The summed E-state index contributed by atoms with van der Waals surface area (Å²) < 4.78 is 0. The van der Waals surface area contributed by atoms with Crippen LogP contribution in [0.1, 0.15) is 64.2 Å². The summed E-state index contributed by atoms with van der Waals surface area (Å²) in [6.07, 6.45) is 10.7. The molecule has 0 spiro atoms. The monoisotopic (exact) mass is 321 g/mol. The number of aliphatic hydroxyl groups excluding tert-OH is 1. The summed E-state index contributed by atoms with van der Waals surface area (Å²) >= 11 is 3.38. The summed E-state index contributed by atoms with van der Waals surface area (Å²) in [6, 6.07) is 0. The van der Waals surface area contributed by atoms with E-state index in [0.717, 1.165) is 50.4 Å². The van der Waals surface area contributed by atoms with Crippen molar-refractivity contribution in [2.45, 2.75) is 64.2 Å². The second-order valence-electron chi connectivity index (χ2n) is 4.69. The van der Waals surface area contributed by atoms with Gasteiger partial charge in [0.05, 0.1) is 0 Å². The quantitative estimate of drug-likeness (QED) is 0.403. The van der Waals surface area contributed by atoms with Crippen LogP contribution < -0.4 is 5.32 Å². The van der Waals surface area contributed by atoms with E-state index in [1.165, 1.54) is 19.3 Å². The van der Waals surface area contributed by atoms with Crippen LogP contribution in [0, 0.1) is 0 Å². The average molecular weight is 322 g/mol. The Morgan fingerprint density at radius 3 is 2.17 bits per heavy atom. The van der Waals surface area contributed by atoms with Gasteiger partial charge in [0.25, 0.3) is 0 Å². The normalized spacial score (nSPS) is 10.6. The Bertz CT molecular complexity index is 189. The highest BCUT2D eigenvalue weighted by molar-refractivity contribution is 9.09. The summed E-state index contributed by atoms with van der Waals surface area (Å²) in [5.74, 6) is 0.199. The minimum atomic E-state index is 0.199. The molecule has 0 bridgehead atoms. The first kappa shape index (κ1) is 17.9. The minimum absolute atomic E-state index is 0.199.